The minimum Gasteiger partial charge on any atom is -0.277 e. The Labute approximate surface area is 185 Å². The molecule has 0 aromatic heterocycles. The van der Waals surface area contributed by atoms with Crippen LogP contribution < -0.4 is 9.62 Å². The number of sulfonamides is 1. The molecule has 0 spiro atoms. The monoisotopic (exact) mass is 456 g/mol. The number of rotatable bonds is 6. The third kappa shape index (κ3) is 4.71. The number of hydrogen-bond donors (Lipinski definition) is 1. The Morgan fingerprint density at radius 3 is 2.16 bits per heavy atom. The zero-order valence-corrected chi connectivity index (χ0v) is 18.0. The highest BCUT2D eigenvalue weighted by Gasteiger charge is 2.27. The van der Waals surface area contributed by atoms with Gasteiger partial charge in [0.1, 0.15) is 11.6 Å². The maximum absolute atomic E-state index is 14.7. The molecule has 8 heteroatoms. The van der Waals surface area contributed by atoms with Gasteiger partial charge in [-0.25, -0.2) is 21.9 Å². The number of benzene rings is 3. The van der Waals surface area contributed by atoms with Crippen molar-refractivity contribution in [3.8, 4) is 0 Å². The molecular formula is C24H22F2N2O3S. The molecule has 0 bridgehead atoms. The van der Waals surface area contributed by atoms with Gasteiger partial charge in [0, 0.05) is 17.4 Å². The third-order valence-corrected chi connectivity index (χ3v) is 6.98. The Kier molecular flexibility index (Phi) is 6.34. The number of carbonyl (C=O) groups is 1. The molecule has 1 fully saturated rings. The van der Waals surface area contributed by atoms with Gasteiger partial charge in [-0.3, -0.25) is 9.69 Å². The lowest BCUT2D eigenvalue weighted by Gasteiger charge is -2.23. The lowest BCUT2D eigenvalue weighted by atomic mass is 10.1. The van der Waals surface area contributed by atoms with Crippen LogP contribution in [0.1, 0.15) is 36.0 Å². The lowest BCUT2D eigenvalue weighted by Crippen LogP contribution is -2.33. The summed E-state index contributed by atoms with van der Waals surface area (Å²) in [5.74, 6) is -2.09. The first-order chi connectivity index (χ1) is 15.3. The molecule has 3 aromatic rings. The molecule has 0 radical (unpaired) electrons. The molecule has 1 amide bonds. The van der Waals surface area contributed by atoms with Gasteiger partial charge in [0.2, 0.25) is 10.0 Å². The Morgan fingerprint density at radius 2 is 1.50 bits per heavy atom. The molecule has 0 unspecified atom stereocenters. The van der Waals surface area contributed by atoms with E-state index in [0.29, 0.717) is 11.4 Å². The third-order valence-electron chi connectivity index (χ3n) is 5.46. The Morgan fingerprint density at radius 1 is 0.875 bits per heavy atom. The summed E-state index contributed by atoms with van der Waals surface area (Å²) in [7, 11) is -3.91. The van der Waals surface area contributed by atoms with Crippen molar-refractivity contribution >= 4 is 27.3 Å². The first-order valence-electron chi connectivity index (χ1n) is 10.3. The van der Waals surface area contributed by atoms with Gasteiger partial charge < -0.3 is 0 Å². The van der Waals surface area contributed by atoms with Crippen LogP contribution in [-0.4, -0.2) is 20.4 Å². The Hall–Kier alpha value is -3.10. The molecule has 32 heavy (non-hydrogen) atoms. The summed E-state index contributed by atoms with van der Waals surface area (Å²) in [6.45, 7) is 0. The molecule has 1 aliphatic rings. The van der Waals surface area contributed by atoms with Gasteiger partial charge in [-0.05, 0) is 67.4 Å². The number of nitrogens with one attached hydrogen (secondary N) is 1. The van der Waals surface area contributed by atoms with E-state index in [0.717, 1.165) is 43.9 Å². The van der Waals surface area contributed by atoms with Crippen LogP contribution in [0.5, 0.6) is 0 Å². The summed E-state index contributed by atoms with van der Waals surface area (Å²) in [6, 6.07) is 16.7. The van der Waals surface area contributed by atoms with Crippen LogP contribution in [0.25, 0.3) is 0 Å². The Bertz CT molecular complexity index is 1210. The van der Waals surface area contributed by atoms with Crippen LogP contribution >= 0.6 is 0 Å². The number of carbonyl (C=O) groups excluding carboxylic acids is 1. The fourth-order valence-electron chi connectivity index (χ4n) is 3.84. The summed E-state index contributed by atoms with van der Waals surface area (Å²) in [5.41, 5.74) is 0.354. The number of halogens is 2. The zero-order chi connectivity index (χ0) is 22.7. The standard InChI is InChI=1S/C24H22F2N2O3S/c25-17-10-12-20(13-11-17)28(19-8-2-1-3-9-19)24(29)22-16-21(14-15-23(22)26)32(30,31)27-18-6-4-5-7-18/h1-3,8-16,18,27H,4-7H2. The number of amides is 1. The number of para-hydroxylation sites is 1. The Balaban J connectivity index is 1.74. The quantitative estimate of drug-likeness (QED) is 0.557. The maximum Gasteiger partial charge on any atom is 0.265 e. The van der Waals surface area contributed by atoms with E-state index in [1.807, 2.05) is 0 Å². The second-order valence-electron chi connectivity index (χ2n) is 7.70. The average Bonchev–Trinajstić information content (AvgIpc) is 3.28. The van der Waals surface area contributed by atoms with Crippen LogP contribution in [0, 0.1) is 11.6 Å². The maximum atomic E-state index is 14.7. The molecule has 5 nitrogen and oxygen atoms in total. The van der Waals surface area contributed by atoms with E-state index in [-0.39, 0.29) is 10.9 Å². The van der Waals surface area contributed by atoms with E-state index in [1.165, 1.54) is 29.2 Å². The molecule has 166 valence electrons. The summed E-state index contributed by atoms with van der Waals surface area (Å²) in [4.78, 5) is 14.5. The second kappa shape index (κ2) is 9.18. The molecule has 4 rings (SSSR count). The molecule has 0 saturated heterocycles. The highest BCUT2D eigenvalue weighted by molar-refractivity contribution is 7.89. The molecule has 1 aliphatic carbocycles. The van der Waals surface area contributed by atoms with Gasteiger partial charge in [-0.2, -0.15) is 0 Å². The fraction of sp³-hybridized carbons (Fsp3) is 0.208. The minimum absolute atomic E-state index is 0.163. The fourth-order valence-corrected chi connectivity index (χ4v) is 5.17. The largest absolute Gasteiger partial charge is 0.277 e. The minimum atomic E-state index is -3.91. The van der Waals surface area contributed by atoms with Crippen molar-refractivity contribution in [1.82, 2.24) is 4.72 Å². The van der Waals surface area contributed by atoms with Crippen molar-refractivity contribution in [3.05, 3.63) is 90.0 Å². The number of nitrogens with zero attached hydrogens (tertiary/aromatic N) is 1. The molecule has 1 N–H and O–H groups in total. The summed E-state index contributed by atoms with van der Waals surface area (Å²) in [5, 5.41) is 0. The summed E-state index contributed by atoms with van der Waals surface area (Å²) < 4.78 is 56.5. The van der Waals surface area contributed by atoms with E-state index >= 15 is 0 Å². The topological polar surface area (TPSA) is 66.5 Å². The normalized spacial score (nSPS) is 14.4. The molecule has 0 heterocycles. The van der Waals surface area contributed by atoms with Gasteiger partial charge in [-0.15, -0.1) is 0 Å². The first-order valence-corrected chi connectivity index (χ1v) is 11.8. The molecule has 1 saturated carbocycles. The molecule has 0 aliphatic heterocycles. The molecule has 0 atom stereocenters. The first kappa shape index (κ1) is 22.1. The van der Waals surface area contributed by atoms with E-state index in [4.69, 9.17) is 0 Å². The molecule has 3 aromatic carbocycles. The van der Waals surface area contributed by atoms with Gasteiger partial charge in [0.25, 0.3) is 5.91 Å². The zero-order valence-electron chi connectivity index (χ0n) is 17.2. The second-order valence-corrected chi connectivity index (χ2v) is 9.41. The van der Waals surface area contributed by atoms with E-state index in [1.54, 1.807) is 30.3 Å². The summed E-state index contributed by atoms with van der Waals surface area (Å²) in [6.07, 6.45) is 3.39. The van der Waals surface area contributed by atoms with Gasteiger partial charge >= 0.3 is 0 Å². The van der Waals surface area contributed by atoms with Gasteiger partial charge in [0.15, 0.2) is 0 Å². The smallest absolute Gasteiger partial charge is 0.265 e. The van der Waals surface area contributed by atoms with E-state index < -0.39 is 33.1 Å². The highest BCUT2D eigenvalue weighted by atomic mass is 32.2. The summed E-state index contributed by atoms with van der Waals surface area (Å²) >= 11 is 0. The number of anilines is 2. The highest BCUT2D eigenvalue weighted by Crippen LogP contribution is 2.29. The van der Waals surface area contributed by atoms with Crippen molar-refractivity contribution < 1.29 is 22.0 Å². The SMILES string of the molecule is O=C(c1cc(S(=O)(=O)NC2CCCC2)ccc1F)N(c1ccccc1)c1ccc(F)cc1. The van der Waals surface area contributed by atoms with Gasteiger partial charge in [-0.1, -0.05) is 31.0 Å². The van der Waals surface area contributed by atoms with E-state index in [9.17, 15) is 22.0 Å². The van der Waals surface area contributed by atoms with Crippen LogP contribution in [0.4, 0.5) is 20.2 Å². The van der Waals surface area contributed by atoms with Crippen LogP contribution in [0.2, 0.25) is 0 Å². The van der Waals surface area contributed by atoms with Crippen molar-refractivity contribution in [2.45, 2.75) is 36.6 Å². The van der Waals surface area contributed by atoms with Gasteiger partial charge in [0.05, 0.1) is 10.5 Å². The van der Waals surface area contributed by atoms with Crippen molar-refractivity contribution in [1.29, 1.82) is 0 Å². The predicted octanol–water partition coefficient (Wildman–Crippen LogP) is 5.16. The number of hydrogen-bond acceptors (Lipinski definition) is 3. The van der Waals surface area contributed by atoms with Crippen LogP contribution in [0.15, 0.2) is 77.7 Å². The predicted molar refractivity (Wildman–Crippen MR) is 118 cm³/mol. The van der Waals surface area contributed by atoms with Crippen LogP contribution in [0.3, 0.4) is 0 Å². The van der Waals surface area contributed by atoms with Crippen LogP contribution in [-0.2, 0) is 10.0 Å². The van der Waals surface area contributed by atoms with Crippen molar-refractivity contribution in [2.75, 3.05) is 4.90 Å². The van der Waals surface area contributed by atoms with Crippen molar-refractivity contribution in [2.24, 2.45) is 0 Å². The van der Waals surface area contributed by atoms with E-state index in [2.05, 4.69) is 4.72 Å². The average molecular weight is 457 g/mol. The lowest BCUT2D eigenvalue weighted by molar-refractivity contribution is 0.0995. The molecular weight excluding hydrogens is 434 g/mol. The van der Waals surface area contributed by atoms with Crippen molar-refractivity contribution in [3.63, 3.8) is 0 Å².